The lowest BCUT2D eigenvalue weighted by Crippen LogP contribution is -2.51. The number of likely N-dealkylation sites (N-methyl/N-ethyl adjacent to an activating group) is 1. The van der Waals surface area contributed by atoms with E-state index in [1.807, 2.05) is 12.1 Å². The predicted molar refractivity (Wildman–Crippen MR) is 83.8 cm³/mol. The molecular formula is C16H25N3O2. The molecule has 0 aromatic heterocycles. The van der Waals surface area contributed by atoms with Crippen LogP contribution in [0.25, 0.3) is 0 Å². The van der Waals surface area contributed by atoms with E-state index in [9.17, 15) is 0 Å². The average molecular weight is 291 g/mol. The highest BCUT2D eigenvalue weighted by Crippen LogP contribution is 2.35. The SMILES string of the molecule is CCN1CCN(Cc2cc3c(cc2N)OCCO3)CC1C. The second-order valence-corrected chi connectivity index (χ2v) is 5.91. The van der Waals surface area contributed by atoms with Crippen molar-refractivity contribution in [1.29, 1.82) is 0 Å². The Hall–Kier alpha value is -1.46. The van der Waals surface area contributed by atoms with Gasteiger partial charge >= 0.3 is 0 Å². The van der Waals surface area contributed by atoms with E-state index in [1.165, 1.54) is 0 Å². The van der Waals surface area contributed by atoms with Crippen LogP contribution in [-0.4, -0.2) is 55.2 Å². The largest absolute Gasteiger partial charge is 0.486 e. The van der Waals surface area contributed by atoms with Crippen LogP contribution in [0.15, 0.2) is 12.1 Å². The van der Waals surface area contributed by atoms with Crippen LogP contribution in [0.5, 0.6) is 11.5 Å². The molecule has 2 aliphatic heterocycles. The lowest BCUT2D eigenvalue weighted by atomic mass is 10.1. The lowest BCUT2D eigenvalue weighted by molar-refractivity contribution is 0.0834. The standard InChI is InChI=1S/C16H25N3O2/c1-3-19-5-4-18(10-12(19)2)11-13-8-15-16(9-14(13)17)21-7-6-20-15/h8-9,12H,3-7,10-11,17H2,1-2H3. The lowest BCUT2D eigenvalue weighted by Gasteiger charge is -2.39. The van der Waals surface area contributed by atoms with Gasteiger partial charge in [-0.2, -0.15) is 0 Å². The predicted octanol–water partition coefficient (Wildman–Crippen LogP) is 1.57. The summed E-state index contributed by atoms with van der Waals surface area (Å²) < 4.78 is 11.2. The van der Waals surface area contributed by atoms with Gasteiger partial charge in [0.1, 0.15) is 13.2 Å². The van der Waals surface area contributed by atoms with Gasteiger partial charge in [-0.1, -0.05) is 6.92 Å². The second kappa shape index (κ2) is 6.12. The number of benzene rings is 1. The van der Waals surface area contributed by atoms with Crippen LogP contribution in [0, 0.1) is 0 Å². The van der Waals surface area contributed by atoms with Crippen molar-refractivity contribution in [1.82, 2.24) is 9.80 Å². The first-order chi connectivity index (χ1) is 10.2. The van der Waals surface area contributed by atoms with Gasteiger partial charge in [-0.25, -0.2) is 0 Å². The van der Waals surface area contributed by atoms with Crippen molar-refractivity contribution in [3.05, 3.63) is 17.7 Å². The summed E-state index contributed by atoms with van der Waals surface area (Å²) in [7, 11) is 0. The first-order valence-electron chi connectivity index (χ1n) is 7.81. The first kappa shape index (κ1) is 14.5. The van der Waals surface area contributed by atoms with E-state index in [4.69, 9.17) is 15.2 Å². The number of piperazine rings is 1. The zero-order valence-electron chi connectivity index (χ0n) is 13.0. The highest BCUT2D eigenvalue weighted by molar-refractivity contribution is 5.58. The number of fused-ring (bicyclic) bond motifs is 1. The summed E-state index contributed by atoms with van der Waals surface area (Å²) in [4.78, 5) is 4.99. The molecule has 1 aromatic rings. The number of anilines is 1. The van der Waals surface area contributed by atoms with Crippen LogP contribution < -0.4 is 15.2 Å². The van der Waals surface area contributed by atoms with Gasteiger partial charge in [-0.05, 0) is 25.1 Å². The fourth-order valence-corrected chi connectivity index (χ4v) is 3.21. The van der Waals surface area contributed by atoms with Gasteiger partial charge in [-0.3, -0.25) is 9.80 Å². The van der Waals surface area contributed by atoms with Crippen molar-refractivity contribution in [3.63, 3.8) is 0 Å². The summed E-state index contributed by atoms with van der Waals surface area (Å²) in [6.07, 6.45) is 0. The molecule has 1 atom stereocenters. The molecule has 0 spiro atoms. The summed E-state index contributed by atoms with van der Waals surface area (Å²) in [6, 6.07) is 4.54. The third-order valence-corrected chi connectivity index (χ3v) is 4.45. The number of ether oxygens (including phenoxy) is 2. The van der Waals surface area contributed by atoms with Crippen molar-refractivity contribution >= 4 is 5.69 Å². The smallest absolute Gasteiger partial charge is 0.163 e. The number of nitrogens with two attached hydrogens (primary N) is 1. The quantitative estimate of drug-likeness (QED) is 0.857. The Morgan fingerprint density at radius 1 is 1.19 bits per heavy atom. The van der Waals surface area contributed by atoms with Gasteiger partial charge < -0.3 is 15.2 Å². The molecule has 0 bridgehead atoms. The van der Waals surface area contributed by atoms with E-state index in [0.29, 0.717) is 19.3 Å². The number of rotatable bonds is 3. The van der Waals surface area contributed by atoms with E-state index in [0.717, 1.165) is 55.5 Å². The Kier molecular flexibility index (Phi) is 4.22. The molecule has 1 unspecified atom stereocenters. The zero-order chi connectivity index (χ0) is 14.8. The molecular weight excluding hydrogens is 266 g/mol. The van der Waals surface area contributed by atoms with E-state index in [-0.39, 0.29) is 0 Å². The van der Waals surface area contributed by atoms with Crippen molar-refractivity contribution < 1.29 is 9.47 Å². The maximum absolute atomic E-state index is 6.18. The maximum Gasteiger partial charge on any atom is 0.163 e. The summed E-state index contributed by atoms with van der Waals surface area (Å²) in [5, 5.41) is 0. The van der Waals surface area contributed by atoms with Gasteiger partial charge in [0, 0.05) is 44.0 Å². The third kappa shape index (κ3) is 3.09. The van der Waals surface area contributed by atoms with Crippen molar-refractivity contribution in [3.8, 4) is 11.5 Å². The van der Waals surface area contributed by atoms with Crippen molar-refractivity contribution in [2.45, 2.75) is 26.4 Å². The van der Waals surface area contributed by atoms with Gasteiger partial charge in [-0.15, -0.1) is 0 Å². The number of nitrogen functional groups attached to an aromatic ring is 1. The van der Waals surface area contributed by atoms with Crippen LogP contribution in [-0.2, 0) is 6.54 Å². The highest BCUT2D eigenvalue weighted by atomic mass is 16.6. The van der Waals surface area contributed by atoms with Crippen LogP contribution >= 0.6 is 0 Å². The molecule has 1 fully saturated rings. The Labute approximate surface area is 126 Å². The Bertz CT molecular complexity index is 507. The summed E-state index contributed by atoms with van der Waals surface area (Å²) in [5.74, 6) is 1.59. The molecule has 1 saturated heterocycles. The average Bonchev–Trinajstić information content (AvgIpc) is 2.48. The number of hydrogen-bond donors (Lipinski definition) is 1. The van der Waals surface area contributed by atoms with Gasteiger partial charge in [0.05, 0.1) is 0 Å². The van der Waals surface area contributed by atoms with E-state index >= 15 is 0 Å². The molecule has 0 radical (unpaired) electrons. The molecule has 21 heavy (non-hydrogen) atoms. The number of hydrogen-bond acceptors (Lipinski definition) is 5. The van der Waals surface area contributed by atoms with E-state index in [1.54, 1.807) is 0 Å². The zero-order valence-corrected chi connectivity index (χ0v) is 13.0. The van der Waals surface area contributed by atoms with Crippen LogP contribution in [0.1, 0.15) is 19.4 Å². The normalized spacial score (nSPS) is 23.2. The highest BCUT2D eigenvalue weighted by Gasteiger charge is 2.23. The van der Waals surface area contributed by atoms with Gasteiger partial charge in [0.25, 0.3) is 0 Å². The second-order valence-electron chi connectivity index (χ2n) is 5.91. The van der Waals surface area contributed by atoms with Crippen molar-refractivity contribution in [2.24, 2.45) is 0 Å². The molecule has 2 heterocycles. The fraction of sp³-hybridized carbons (Fsp3) is 0.625. The monoisotopic (exact) mass is 291 g/mol. The van der Waals surface area contributed by atoms with E-state index in [2.05, 4.69) is 23.6 Å². The van der Waals surface area contributed by atoms with Crippen molar-refractivity contribution in [2.75, 3.05) is 45.1 Å². The van der Waals surface area contributed by atoms with Crippen LogP contribution in [0.3, 0.4) is 0 Å². The first-order valence-corrected chi connectivity index (χ1v) is 7.81. The molecule has 2 N–H and O–H groups in total. The maximum atomic E-state index is 6.18. The molecule has 5 heteroatoms. The fourth-order valence-electron chi connectivity index (χ4n) is 3.21. The Morgan fingerprint density at radius 2 is 1.90 bits per heavy atom. The molecule has 0 amide bonds. The molecule has 0 saturated carbocycles. The minimum absolute atomic E-state index is 0.599. The van der Waals surface area contributed by atoms with Gasteiger partial charge in [0.2, 0.25) is 0 Å². The molecule has 116 valence electrons. The molecule has 2 aliphatic rings. The Balaban J connectivity index is 1.70. The van der Waals surface area contributed by atoms with Crippen LogP contribution in [0.2, 0.25) is 0 Å². The molecule has 5 nitrogen and oxygen atoms in total. The minimum Gasteiger partial charge on any atom is -0.486 e. The van der Waals surface area contributed by atoms with Gasteiger partial charge in [0.15, 0.2) is 11.5 Å². The Morgan fingerprint density at radius 3 is 2.57 bits per heavy atom. The molecule has 3 rings (SSSR count). The summed E-state index contributed by atoms with van der Waals surface area (Å²) in [5.41, 5.74) is 8.11. The van der Waals surface area contributed by atoms with Crippen LogP contribution in [0.4, 0.5) is 5.69 Å². The summed E-state index contributed by atoms with van der Waals surface area (Å²) >= 11 is 0. The molecule has 1 aromatic carbocycles. The minimum atomic E-state index is 0.599. The molecule has 0 aliphatic carbocycles. The van der Waals surface area contributed by atoms with E-state index < -0.39 is 0 Å². The topological polar surface area (TPSA) is 51.0 Å². The third-order valence-electron chi connectivity index (χ3n) is 4.45. The summed E-state index contributed by atoms with van der Waals surface area (Å²) in [6.45, 7) is 11.0. The number of nitrogens with zero attached hydrogens (tertiary/aromatic N) is 2.